The minimum atomic E-state index is -0.683. The number of thiazole rings is 1. The van der Waals surface area contributed by atoms with Gasteiger partial charge in [-0.1, -0.05) is 47.2 Å². The van der Waals surface area contributed by atoms with Crippen LogP contribution in [0.15, 0.2) is 86.1 Å². The summed E-state index contributed by atoms with van der Waals surface area (Å²) in [6, 6.07) is 18.1. The van der Waals surface area contributed by atoms with Gasteiger partial charge in [0.2, 0.25) is 0 Å². The summed E-state index contributed by atoms with van der Waals surface area (Å²) < 4.78 is 14.1. The molecule has 5 rings (SSSR count). The van der Waals surface area contributed by atoms with Gasteiger partial charge in [-0.2, -0.15) is 0 Å². The molecular weight excluding hydrogens is 599 g/mol. The van der Waals surface area contributed by atoms with Crippen molar-refractivity contribution in [1.29, 1.82) is 0 Å². The predicted octanol–water partition coefficient (Wildman–Crippen LogP) is 4.93. The molecule has 1 aliphatic rings. The van der Waals surface area contributed by atoms with Crippen LogP contribution in [0.3, 0.4) is 0 Å². The normalized spacial score (nSPS) is 15.7. The van der Waals surface area contributed by atoms with E-state index in [1.807, 2.05) is 36.4 Å². The third kappa shape index (κ3) is 4.53. The fraction of sp³-hybridized carbons (Fsp3) is 0.115. The Labute approximate surface area is 223 Å². The van der Waals surface area contributed by atoms with E-state index >= 15 is 0 Å². The summed E-state index contributed by atoms with van der Waals surface area (Å²) in [4.78, 5) is 31.3. The van der Waals surface area contributed by atoms with Crippen LogP contribution >= 0.6 is 45.5 Å². The van der Waals surface area contributed by atoms with Gasteiger partial charge >= 0.3 is 5.97 Å². The molecule has 0 spiro atoms. The highest BCUT2D eigenvalue weighted by molar-refractivity contribution is 14.1. The molecule has 0 fully saturated rings. The number of hydrogen-bond donors (Lipinski definition) is 0. The van der Waals surface area contributed by atoms with E-state index < -0.39 is 12.0 Å². The van der Waals surface area contributed by atoms with Crippen LogP contribution in [-0.2, 0) is 9.53 Å². The number of hydrogen-bond acceptors (Lipinski definition) is 6. The van der Waals surface area contributed by atoms with Gasteiger partial charge in [0.05, 0.1) is 29.0 Å². The maximum Gasteiger partial charge on any atom is 0.338 e. The molecule has 0 radical (unpaired) electrons. The van der Waals surface area contributed by atoms with Gasteiger partial charge in [-0.3, -0.25) is 9.36 Å². The Kier molecular flexibility index (Phi) is 6.52. The molecule has 9 heteroatoms. The number of aromatic nitrogens is 1. The van der Waals surface area contributed by atoms with Crippen LogP contribution in [0.1, 0.15) is 24.3 Å². The summed E-state index contributed by atoms with van der Waals surface area (Å²) in [6.45, 7) is 1.74. The third-order valence-corrected chi connectivity index (χ3v) is 7.60. The molecule has 0 aliphatic carbocycles. The van der Waals surface area contributed by atoms with Gasteiger partial charge in [0, 0.05) is 20.2 Å². The Bertz CT molecular complexity index is 1650. The van der Waals surface area contributed by atoms with Gasteiger partial charge in [-0.15, -0.1) is 0 Å². The lowest BCUT2D eigenvalue weighted by Gasteiger charge is -2.24. The molecule has 0 saturated carbocycles. The molecule has 35 heavy (non-hydrogen) atoms. The number of halogens is 2. The van der Waals surface area contributed by atoms with Crippen molar-refractivity contribution in [2.75, 3.05) is 7.11 Å². The van der Waals surface area contributed by atoms with E-state index in [-0.39, 0.29) is 5.56 Å². The standard InChI is InChI=1S/C26H18ClIN2O4S/c1-14-22(25(32)33-2)23(16-3-7-17(27)8-4-16)30-24(31)21(35-26(30)29-14)13-19-11-12-20(34-19)15-5-9-18(28)10-6-15/h3-13,23H,1-2H3/b21-13-/t23-/m1/s1. The summed E-state index contributed by atoms with van der Waals surface area (Å²) in [7, 11) is 1.31. The number of fused-ring (bicyclic) bond motifs is 1. The molecule has 2 aromatic carbocycles. The second-order valence-corrected chi connectivity index (χ2v) is 10.5. The van der Waals surface area contributed by atoms with Crippen LogP contribution in [0.25, 0.3) is 17.4 Å². The van der Waals surface area contributed by atoms with Crippen molar-refractivity contribution >= 4 is 57.6 Å². The Morgan fingerprint density at radius 1 is 1.14 bits per heavy atom. The van der Waals surface area contributed by atoms with Crippen LogP contribution in [0, 0.1) is 3.57 Å². The second-order valence-electron chi connectivity index (χ2n) is 7.83. The third-order valence-electron chi connectivity index (χ3n) is 5.64. The van der Waals surface area contributed by atoms with Crippen LogP contribution in [0.5, 0.6) is 0 Å². The molecule has 1 aliphatic heterocycles. The van der Waals surface area contributed by atoms with Crippen molar-refractivity contribution in [3.05, 3.63) is 112 Å². The van der Waals surface area contributed by atoms with Crippen LogP contribution in [-0.4, -0.2) is 17.6 Å². The molecule has 0 amide bonds. The first-order valence-corrected chi connectivity index (χ1v) is 12.8. The highest BCUT2D eigenvalue weighted by Crippen LogP contribution is 2.31. The van der Waals surface area contributed by atoms with Crippen molar-refractivity contribution in [2.24, 2.45) is 4.99 Å². The van der Waals surface area contributed by atoms with Crippen molar-refractivity contribution in [2.45, 2.75) is 13.0 Å². The SMILES string of the molecule is COC(=O)C1=C(C)N=c2s/c(=C\c3ccc(-c4ccc(I)cc4)o3)c(=O)n2[C@@H]1c1ccc(Cl)cc1. The molecule has 0 N–H and O–H groups in total. The number of methoxy groups -OCH3 is 1. The van der Waals surface area contributed by atoms with Crippen molar-refractivity contribution in [3.63, 3.8) is 0 Å². The predicted molar refractivity (Wildman–Crippen MR) is 144 cm³/mol. The summed E-state index contributed by atoms with van der Waals surface area (Å²) in [5.41, 5.74) is 2.23. The maximum atomic E-state index is 13.6. The number of furan rings is 1. The molecule has 0 saturated heterocycles. The first-order valence-electron chi connectivity index (χ1n) is 10.6. The fourth-order valence-corrected chi connectivity index (χ4v) is 5.49. The number of carbonyl (C=O) groups excluding carboxylic acids is 1. The van der Waals surface area contributed by atoms with Gasteiger partial charge in [0.1, 0.15) is 11.5 Å². The molecule has 6 nitrogen and oxygen atoms in total. The topological polar surface area (TPSA) is 73.8 Å². The van der Waals surface area contributed by atoms with E-state index in [1.54, 1.807) is 37.3 Å². The van der Waals surface area contributed by atoms with E-state index in [4.69, 9.17) is 20.8 Å². The fourth-order valence-electron chi connectivity index (χ4n) is 3.98. The maximum absolute atomic E-state index is 13.6. The first kappa shape index (κ1) is 23.8. The monoisotopic (exact) mass is 616 g/mol. The smallest absolute Gasteiger partial charge is 0.338 e. The van der Waals surface area contributed by atoms with E-state index in [2.05, 4.69) is 27.6 Å². The van der Waals surface area contributed by atoms with Gasteiger partial charge in [-0.25, -0.2) is 9.79 Å². The zero-order valence-corrected chi connectivity index (χ0v) is 22.3. The average Bonchev–Trinajstić information content (AvgIpc) is 3.43. The zero-order valence-electron chi connectivity index (χ0n) is 18.6. The van der Waals surface area contributed by atoms with Crippen molar-refractivity contribution in [1.82, 2.24) is 4.57 Å². The Morgan fingerprint density at radius 2 is 1.86 bits per heavy atom. The van der Waals surface area contributed by atoms with E-state index in [0.29, 0.717) is 37.1 Å². The number of ether oxygens (including phenoxy) is 1. The zero-order chi connectivity index (χ0) is 24.7. The number of benzene rings is 2. The van der Waals surface area contributed by atoms with Crippen LogP contribution in [0.4, 0.5) is 0 Å². The molecule has 176 valence electrons. The van der Waals surface area contributed by atoms with Crippen LogP contribution < -0.4 is 14.9 Å². The molecule has 0 bridgehead atoms. The Balaban J connectivity index is 1.64. The van der Waals surface area contributed by atoms with E-state index in [1.165, 1.54) is 23.0 Å². The van der Waals surface area contributed by atoms with E-state index in [0.717, 1.165) is 14.7 Å². The quantitative estimate of drug-likeness (QED) is 0.241. The number of allylic oxidation sites excluding steroid dienone is 1. The molecular formula is C26H18ClIN2O4S. The lowest BCUT2D eigenvalue weighted by atomic mass is 9.96. The lowest BCUT2D eigenvalue weighted by Crippen LogP contribution is -2.39. The molecule has 4 aromatic rings. The van der Waals surface area contributed by atoms with Gasteiger partial charge in [0.25, 0.3) is 5.56 Å². The van der Waals surface area contributed by atoms with Gasteiger partial charge in [-0.05, 0) is 71.5 Å². The molecule has 2 aromatic heterocycles. The highest BCUT2D eigenvalue weighted by Gasteiger charge is 2.33. The minimum Gasteiger partial charge on any atom is -0.466 e. The summed E-state index contributed by atoms with van der Waals surface area (Å²) in [5.74, 6) is 0.729. The number of esters is 1. The Morgan fingerprint density at radius 3 is 2.54 bits per heavy atom. The second kappa shape index (κ2) is 9.60. The lowest BCUT2D eigenvalue weighted by molar-refractivity contribution is -0.136. The first-order chi connectivity index (χ1) is 16.9. The molecule has 1 atom stereocenters. The molecule has 0 unspecified atom stereocenters. The van der Waals surface area contributed by atoms with Crippen molar-refractivity contribution < 1.29 is 13.9 Å². The van der Waals surface area contributed by atoms with Crippen LogP contribution in [0.2, 0.25) is 5.02 Å². The summed E-state index contributed by atoms with van der Waals surface area (Å²) in [6.07, 6.45) is 1.70. The van der Waals surface area contributed by atoms with Gasteiger partial charge < -0.3 is 9.15 Å². The molecule has 3 heterocycles. The Hall–Kier alpha value is -2.95. The largest absolute Gasteiger partial charge is 0.466 e. The highest BCUT2D eigenvalue weighted by atomic mass is 127. The summed E-state index contributed by atoms with van der Waals surface area (Å²) >= 11 is 9.58. The van der Waals surface area contributed by atoms with E-state index in [9.17, 15) is 9.59 Å². The number of carbonyl (C=O) groups is 1. The average molecular weight is 617 g/mol. The number of nitrogens with zero attached hydrogens (tertiary/aromatic N) is 2. The minimum absolute atomic E-state index is 0.269. The number of rotatable bonds is 4. The van der Waals surface area contributed by atoms with Crippen molar-refractivity contribution in [3.8, 4) is 11.3 Å². The summed E-state index contributed by atoms with van der Waals surface area (Å²) in [5, 5.41) is 0.559. The van der Waals surface area contributed by atoms with Gasteiger partial charge in [0.15, 0.2) is 4.80 Å².